The van der Waals surface area contributed by atoms with Crippen molar-refractivity contribution in [3.8, 4) is 22.5 Å². The Labute approximate surface area is 280 Å². The van der Waals surface area contributed by atoms with Gasteiger partial charge in [-0.25, -0.2) is 0 Å². The van der Waals surface area contributed by atoms with E-state index in [1.807, 2.05) is 24.3 Å². The molecular formula is C44H34N4. The van der Waals surface area contributed by atoms with Crippen molar-refractivity contribution in [1.29, 1.82) is 0 Å². The first-order valence-corrected chi connectivity index (χ1v) is 16.1. The van der Waals surface area contributed by atoms with Gasteiger partial charge in [-0.2, -0.15) is 0 Å². The van der Waals surface area contributed by atoms with E-state index in [4.69, 9.17) is 0 Å². The van der Waals surface area contributed by atoms with Crippen molar-refractivity contribution in [2.75, 3.05) is 9.80 Å². The van der Waals surface area contributed by atoms with Crippen molar-refractivity contribution in [3.63, 3.8) is 0 Å². The van der Waals surface area contributed by atoms with Gasteiger partial charge < -0.3 is 19.8 Å². The average Bonchev–Trinajstić information content (AvgIpc) is 3.68. The van der Waals surface area contributed by atoms with E-state index < -0.39 is 0 Å². The van der Waals surface area contributed by atoms with Crippen LogP contribution >= 0.6 is 0 Å². The summed E-state index contributed by atoms with van der Waals surface area (Å²) in [5, 5.41) is 3.84. The molecule has 8 rings (SSSR count). The lowest BCUT2D eigenvalue weighted by atomic mass is 10.0. The first-order valence-electron chi connectivity index (χ1n) is 16.1. The van der Waals surface area contributed by atoms with Gasteiger partial charge in [0.2, 0.25) is 0 Å². The molecule has 0 spiro atoms. The molecule has 2 aromatic heterocycles. The Morgan fingerprint density at radius 2 is 0.562 bits per heavy atom. The van der Waals surface area contributed by atoms with Crippen molar-refractivity contribution in [3.05, 3.63) is 181 Å². The van der Waals surface area contributed by atoms with Crippen LogP contribution in [0.5, 0.6) is 0 Å². The van der Waals surface area contributed by atoms with Crippen molar-refractivity contribution in [2.24, 2.45) is 0 Å². The van der Waals surface area contributed by atoms with Crippen LogP contribution in [0, 0.1) is 0 Å². The second kappa shape index (κ2) is 12.3. The number of anilines is 6. The van der Waals surface area contributed by atoms with E-state index in [0.29, 0.717) is 0 Å². The highest BCUT2D eigenvalue weighted by molar-refractivity contribution is 6.04. The second-order valence-electron chi connectivity index (χ2n) is 11.8. The fourth-order valence-corrected chi connectivity index (χ4v) is 6.60. The highest BCUT2D eigenvalue weighted by Crippen LogP contribution is 2.38. The molecule has 0 radical (unpaired) electrons. The molecule has 0 saturated carbocycles. The molecule has 0 saturated heterocycles. The smallest absolute Gasteiger partial charge is 0.0560 e. The Hall–Kier alpha value is -6.52. The van der Waals surface area contributed by atoms with E-state index in [1.54, 1.807) is 0 Å². The average molecular weight is 619 g/mol. The third-order valence-corrected chi connectivity index (χ3v) is 8.79. The zero-order chi connectivity index (χ0) is 32.5. The topological polar surface area (TPSA) is 38.1 Å². The molecule has 230 valence electrons. The van der Waals surface area contributed by atoms with Gasteiger partial charge in [-0.3, -0.25) is 0 Å². The maximum Gasteiger partial charge on any atom is 0.0560 e. The minimum Gasteiger partial charge on any atom is -0.354 e. The molecule has 0 unspecified atom stereocenters. The van der Waals surface area contributed by atoms with E-state index in [2.05, 4.69) is 179 Å². The highest BCUT2D eigenvalue weighted by atomic mass is 15.1. The van der Waals surface area contributed by atoms with Gasteiger partial charge in [0.25, 0.3) is 0 Å². The third-order valence-electron chi connectivity index (χ3n) is 8.79. The number of benzene rings is 6. The summed E-state index contributed by atoms with van der Waals surface area (Å²) in [6, 6.07) is 59.2. The molecule has 0 atom stereocenters. The van der Waals surface area contributed by atoms with Gasteiger partial charge in [-0.05, 0) is 83.9 Å². The fraction of sp³-hybridized carbons (Fsp3) is 0. The highest BCUT2D eigenvalue weighted by Gasteiger charge is 2.18. The minimum atomic E-state index is 0.861. The molecule has 48 heavy (non-hydrogen) atoms. The molecule has 4 heteroatoms. The van der Waals surface area contributed by atoms with E-state index in [-0.39, 0.29) is 0 Å². The standard InChI is InChI=1S/C44H34N4/c1-31-41-42(44(45-31)34-25-29-40(30-26-34)48(37-19-11-5-12-20-37)38-21-13-6-14-22-38)32(2)46-43(41)33-23-27-39(28-24-33)47(35-15-7-3-8-16-35)36-17-9-4-10-18-36/h3-30,45-46H,1-2H2. The Kier molecular flexibility index (Phi) is 7.44. The number of hydrogen-bond acceptors (Lipinski definition) is 2. The molecule has 8 aromatic rings. The summed E-state index contributed by atoms with van der Waals surface area (Å²) in [7, 11) is 0. The number of H-pyrrole nitrogens is 2. The third kappa shape index (κ3) is 5.25. The van der Waals surface area contributed by atoms with Gasteiger partial charge in [0.05, 0.1) is 11.4 Å². The largest absolute Gasteiger partial charge is 0.354 e. The van der Waals surface area contributed by atoms with E-state index in [9.17, 15) is 0 Å². The number of aromatic nitrogens is 2. The summed E-state index contributed by atoms with van der Waals surface area (Å²) in [5.41, 5.74) is 10.8. The molecule has 0 bridgehead atoms. The lowest BCUT2D eigenvalue weighted by Gasteiger charge is -2.25. The van der Waals surface area contributed by atoms with E-state index in [1.165, 1.54) is 0 Å². The molecule has 0 amide bonds. The van der Waals surface area contributed by atoms with Crippen LogP contribution in [0.25, 0.3) is 46.4 Å². The molecule has 0 aliphatic rings. The zero-order valence-electron chi connectivity index (χ0n) is 26.5. The fourth-order valence-electron chi connectivity index (χ4n) is 6.60. The van der Waals surface area contributed by atoms with E-state index in [0.717, 1.165) is 78.1 Å². The van der Waals surface area contributed by atoms with Crippen molar-refractivity contribution < 1.29 is 0 Å². The summed E-state index contributed by atoms with van der Waals surface area (Å²) < 4.78 is 0. The van der Waals surface area contributed by atoms with Crippen molar-refractivity contribution in [2.45, 2.75) is 0 Å². The SMILES string of the molecule is C=c1[nH]c(-c2ccc(N(c3ccccc3)c3ccccc3)cc2)c2c(=C)[nH]c(-c3ccc(N(c4ccccc4)c4ccccc4)cc3)c12. The molecule has 0 fully saturated rings. The first-order chi connectivity index (χ1) is 23.7. The van der Waals surface area contributed by atoms with Crippen LogP contribution in [0.15, 0.2) is 170 Å². The zero-order valence-corrected chi connectivity index (χ0v) is 26.5. The number of nitrogens with zero attached hydrogens (tertiary/aromatic N) is 2. The molecular weight excluding hydrogens is 585 g/mol. The summed E-state index contributed by atoms with van der Waals surface area (Å²) in [5.74, 6) is 0. The molecule has 0 aliphatic carbocycles. The van der Waals surface area contributed by atoms with Crippen LogP contribution in [0.1, 0.15) is 0 Å². The lowest BCUT2D eigenvalue weighted by molar-refractivity contribution is 1.27. The molecule has 6 aromatic carbocycles. The van der Waals surface area contributed by atoms with Crippen LogP contribution in [0.4, 0.5) is 34.1 Å². The quantitative estimate of drug-likeness (QED) is 0.178. The van der Waals surface area contributed by atoms with Crippen LogP contribution < -0.4 is 20.5 Å². The van der Waals surface area contributed by atoms with Crippen LogP contribution in [-0.2, 0) is 0 Å². The number of fused-ring (bicyclic) bond motifs is 1. The Bertz CT molecular complexity index is 2140. The van der Waals surface area contributed by atoms with Gasteiger partial charge in [-0.1, -0.05) is 110 Å². The van der Waals surface area contributed by atoms with Gasteiger partial charge in [0.15, 0.2) is 0 Å². The van der Waals surface area contributed by atoms with Crippen LogP contribution in [0.2, 0.25) is 0 Å². The second-order valence-corrected chi connectivity index (χ2v) is 11.8. The monoisotopic (exact) mass is 618 g/mol. The number of nitrogens with one attached hydrogen (secondary N) is 2. The minimum absolute atomic E-state index is 0.861. The number of rotatable bonds is 8. The Morgan fingerprint density at radius 1 is 0.312 bits per heavy atom. The Balaban J connectivity index is 1.15. The predicted molar refractivity (Wildman–Crippen MR) is 203 cm³/mol. The van der Waals surface area contributed by atoms with Crippen molar-refractivity contribution in [1.82, 2.24) is 9.97 Å². The first kappa shape index (κ1) is 28.9. The number of hydrogen-bond donors (Lipinski definition) is 2. The summed E-state index contributed by atoms with van der Waals surface area (Å²) in [6.45, 7) is 8.85. The van der Waals surface area contributed by atoms with E-state index >= 15 is 0 Å². The molecule has 2 heterocycles. The Morgan fingerprint density at radius 3 is 0.833 bits per heavy atom. The predicted octanol–water partition coefficient (Wildman–Crippen LogP) is 10.6. The number of para-hydroxylation sites is 4. The summed E-state index contributed by atoms with van der Waals surface area (Å²) >= 11 is 0. The van der Waals surface area contributed by atoms with Gasteiger partial charge in [0.1, 0.15) is 0 Å². The van der Waals surface area contributed by atoms with Crippen LogP contribution in [0.3, 0.4) is 0 Å². The van der Waals surface area contributed by atoms with Gasteiger partial charge in [0, 0.05) is 55.6 Å². The maximum atomic E-state index is 4.42. The lowest BCUT2D eigenvalue weighted by Crippen LogP contribution is -2.09. The van der Waals surface area contributed by atoms with Gasteiger partial charge in [-0.15, -0.1) is 0 Å². The maximum absolute atomic E-state index is 4.42. The van der Waals surface area contributed by atoms with Gasteiger partial charge >= 0.3 is 0 Å². The number of aromatic amines is 2. The van der Waals surface area contributed by atoms with Crippen molar-refractivity contribution >= 4 is 58.1 Å². The summed E-state index contributed by atoms with van der Waals surface area (Å²) in [4.78, 5) is 11.7. The molecule has 2 N–H and O–H groups in total. The normalized spacial score (nSPS) is 11.1. The summed E-state index contributed by atoms with van der Waals surface area (Å²) in [6.07, 6.45) is 0. The van der Waals surface area contributed by atoms with Crippen LogP contribution in [-0.4, -0.2) is 9.97 Å². The molecule has 4 nitrogen and oxygen atoms in total. The molecule has 0 aliphatic heterocycles.